The van der Waals surface area contributed by atoms with Crippen molar-refractivity contribution in [2.45, 2.75) is 45.2 Å². The summed E-state index contributed by atoms with van der Waals surface area (Å²) in [5.41, 5.74) is 0. The summed E-state index contributed by atoms with van der Waals surface area (Å²) in [6.45, 7) is 3.19. The number of hydrogen-bond donors (Lipinski definition) is 2. The van der Waals surface area contributed by atoms with Crippen LogP contribution >= 0.6 is 0 Å². The average molecular weight is 292 g/mol. The van der Waals surface area contributed by atoms with Gasteiger partial charge in [0.25, 0.3) is 0 Å². The number of amides is 1. The third kappa shape index (κ3) is 3.90. The van der Waals surface area contributed by atoms with Crippen molar-refractivity contribution < 1.29 is 23.1 Å². The summed E-state index contributed by atoms with van der Waals surface area (Å²) in [4.78, 5) is 22.7. The standard InChI is InChI=1S/C11H20N2O5S/c1-3-19(17,18)13-7-5-4-6-9(13)10(14)12-8(2)11(15)16/h8-9H,3-7H2,1-2H3,(H,12,14)(H,15,16)/t8-,9-/m0/s1. The Hall–Kier alpha value is -1.15. The molecule has 8 heteroatoms. The van der Waals surface area contributed by atoms with E-state index < -0.39 is 34.0 Å². The second-order valence-corrected chi connectivity index (χ2v) is 6.80. The van der Waals surface area contributed by atoms with E-state index in [1.165, 1.54) is 18.2 Å². The number of carboxylic acids is 1. The lowest BCUT2D eigenvalue weighted by atomic mass is 10.0. The van der Waals surface area contributed by atoms with Crippen LogP contribution < -0.4 is 5.32 Å². The minimum absolute atomic E-state index is 0.0642. The van der Waals surface area contributed by atoms with Crippen LogP contribution in [0.5, 0.6) is 0 Å². The van der Waals surface area contributed by atoms with E-state index in [2.05, 4.69) is 5.32 Å². The summed E-state index contributed by atoms with van der Waals surface area (Å²) in [6, 6.07) is -1.82. The zero-order valence-electron chi connectivity index (χ0n) is 11.1. The van der Waals surface area contributed by atoms with E-state index >= 15 is 0 Å². The highest BCUT2D eigenvalue weighted by Gasteiger charge is 2.36. The molecule has 19 heavy (non-hydrogen) atoms. The highest BCUT2D eigenvalue weighted by atomic mass is 32.2. The maximum Gasteiger partial charge on any atom is 0.325 e. The van der Waals surface area contributed by atoms with Gasteiger partial charge in [-0.1, -0.05) is 6.42 Å². The van der Waals surface area contributed by atoms with E-state index in [9.17, 15) is 18.0 Å². The zero-order chi connectivity index (χ0) is 14.6. The van der Waals surface area contributed by atoms with Crippen LogP contribution in [0.3, 0.4) is 0 Å². The molecule has 1 aliphatic rings. The Labute approximate surface area is 113 Å². The van der Waals surface area contributed by atoms with Crippen LogP contribution in [0.15, 0.2) is 0 Å². The maximum atomic E-state index is 12.0. The van der Waals surface area contributed by atoms with Gasteiger partial charge < -0.3 is 10.4 Å². The van der Waals surface area contributed by atoms with Gasteiger partial charge in [0.15, 0.2) is 0 Å². The molecule has 0 spiro atoms. The van der Waals surface area contributed by atoms with Crippen LogP contribution in [-0.2, 0) is 19.6 Å². The van der Waals surface area contributed by atoms with Gasteiger partial charge in [-0.3, -0.25) is 9.59 Å². The Morgan fingerprint density at radius 3 is 2.58 bits per heavy atom. The molecule has 1 heterocycles. The van der Waals surface area contributed by atoms with Gasteiger partial charge in [-0.25, -0.2) is 8.42 Å². The first kappa shape index (κ1) is 15.9. The number of sulfonamides is 1. The van der Waals surface area contributed by atoms with Crippen LogP contribution in [0.2, 0.25) is 0 Å². The third-order valence-electron chi connectivity index (χ3n) is 3.21. The lowest BCUT2D eigenvalue weighted by Gasteiger charge is -2.33. The summed E-state index contributed by atoms with van der Waals surface area (Å²) < 4.78 is 25.0. The summed E-state index contributed by atoms with van der Waals surface area (Å²) in [5.74, 6) is -1.74. The molecule has 0 aromatic rings. The quantitative estimate of drug-likeness (QED) is 0.729. The second kappa shape index (κ2) is 6.33. The van der Waals surface area contributed by atoms with Gasteiger partial charge in [0, 0.05) is 6.54 Å². The smallest absolute Gasteiger partial charge is 0.325 e. The molecule has 2 atom stereocenters. The molecule has 110 valence electrons. The van der Waals surface area contributed by atoms with Crippen molar-refractivity contribution in [2.75, 3.05) is 12.3 Å². The van der Waals surface area contributed by atoms with Gasteiger partial charge in [0.1, 0.15) is 12.1 Å². The molecule has 0 saturated carbocycles. The first-order valence-electron chi connectivity index (χ1n) is 6.32. The summed E-state index contributed by atoms with van der Waals surface area (Å²) in [6.07, 6.45) is 1.91. The Kier molecular flexibility index (Phi) is 5.30. The Morgan fingerprint density at radius 2 is 2.05 bits per heavy atom. The summed E-state index contributed by atoms with van der Waals surface area (Å²) in [7, 11) is -3.45. The van der Waals surface area contributed by atoms with Gasteiger partial charge in [-0.15, -0.1) is 0 Å². The summed E-state index contributed by atoms with van der Waals surface area (Å²) in [5, 5.41) is 11.1. The molecule has 1 aliphatic heterocycles. The minimum Gasteiger partial charge on any atom is -0.480 e. The van der Waals surface area contributed by atoms with Crippen molar-refractivity contribution in [1.29, 1.82) is 0 Å². The van der Waals surface area contributed by atoms with Gasteiger partial charge in [-0.05, 0) is 26.7 Å². The minimum atomic E-state index is -3.45. The molecule has 0 unspecified atom stereocenters. The molecule has 0 aliphatic carbocycles. The number of hydrogen-bond acceptors (Lipinski definition) is 4. The molecule has 0 aromatic heterocycles. The number of aliphatic carboxylic acids is 1. The molecule has 0 aromatic carbocycles. The first-order valence-corrected chi connectivity index (χ1v) is 7.93. The molecular weight excluding hydrogens is 272 g/mol. The van der Waals surface area contributed by atoms with Crippen LogP contribution in [0.4, 0.5) is 0 Å². The fraction of sp³-hybridized carbons (Fsp3) is 0.818. The molecule has 2 N–H and O–H groups in total. The Morgan fingerprint density at radius 1 is 1.42 bits per heavy atom. The van der Waals surface area contributed by atoms with Crippen molar-refractivity contribution in [3.8, 4) is 0 Å². The molecule has 1 rings (SSSR count). The molecule has 7 nitrogen and oxygen atoms in total. The van der Waals surface area contributed by atoms with Crippen molar-refractivity contribution >= 4 is 21.9 Å². The SMILES string of the molecule is CCS(=O)(=O)N1CCCC[C@H]1C(=O)N[C@@H](C)C(=O)O. The van der Waals surface area contributed by atoms with E-state index in [1.54, 1.807) is 0 Å². The van der Waals surface area contributed by atoms with E-state index in [4.69, 9.17) is 5.11 Å². The topological polar surface area (TPSA) is 104 Å². The number of nitrogens with zero attached hydrogens (tertiary/aromatic N) is 1. The van der Waals surface area contributed by atoms with Crippen molar-refractivity contribution in [3.05, 3.63) is 0 Å². The first-order chi connectivity index (χ1) is 8.79. The van der Waals surface area contributed by atoms with E-state index in [1.807, 2.05) is 0 Å². The van der Waals surface area contributed by atoms with Crippen LogP contribution in [0, 0.1) is 0 Å². The maximum absolute atomic E-state index is 12.0. The molecule has 1 amide bonds. The summed E-state index contributed by atoms with van der Waals surface area (Å²) >= 11 is 0. The van der Waals surface area contributed by atoms with Crippen molar-refractivity contribution in [3.63, 3.8) is 0 Å². The van der Waals surface area contributed by atoms with Gasteiger partial charge in [0.2, 0.25) is 15.9 Å². The fourth-order valence-electron chi connectivity index (χ4n) is 2.04. The van der Waals surface area contributed by atoms with Gasteiger partial charge in [0.05, 0.1) is 5.75 Å². The van der Waals surface area contributed by atoms with E-state index in [-0.39, 0.29) is 5.75 Å². The number of carbonyl (C=O) groups is 2. The lowest BCUT2D eigenvalue weighted by Crippen LogP contribution is -2.54. The van der Waals surface area contributed by atoms with E-state index in [0.29, 0.717) is 13.0 Å². The molecule has 0 bridgehead atoms. The van der Waals surface area contributed by atoms with Crippen molar-refractivity contribution in [2.24, 2.45) is 0 Å². The highest BCUT2D eigenvalue weighted by Crippen LogP contribution is 2.21. The van der Waals surface area contributed by atoms with Crippen LogP contribution in [0.25, 0.3) is 0 Å². The van der Waals surface area contributed by atoms with Crippen LogP contribution in [0.1, 0.15) is 33.1 Å². The fourth-order valence-corrected chi connectivity index (χ4v) is 3.36. The predicted molar refractivity (Wildman–Crippen MR) is 69.0 cm³/mol. The Balaban J connectivity index is 2.83. The molecule has 0 radical (unpaired) electrons. The average Bonchev–Trinajstić information content (AvgIpc) is 2.38. The number of carboxylic acid groups (broad SMARTS) is 1. The third-order valence-corrected chi connectivity index (χ3v) is 5.09. The number of rotatable bonds is 5. The molecular formula is C11H20N2O5S. The number of nitrogens with one attached hydrogen (secondary N) is 1. The molecule has 1 saturated heterocycles. The predicted octanol–water partition coefficient (Wildman–Crippen LogP) is -0.220. The van der Waals surface area contributed by atoms with Gasteiger partial charge >= 0.3 is 5.97 Å². The molecule has 1 fully saturated rings. The highest BCUT2D eigenvalue weighted by molar-refractivity contribution is 7.89. The van der Waals surface area contributed by atoms with E-state index in [0.717, 1.165) is 12.8 Å². The monoisotopic (exact) mass is 292 g/mol. The second-order valence-electron chi connectivity index (χ2n) is 4.59. The normalized spacial score (nSPS) is 22.7. The van der Waals surface area contributed by atoms with Crippen molar-refractivity contribution in [1.82, 2.24) is 9.62 Å². The van der Waals surface area contributed by atoms with Gasteiger partial charge in [-0.2, -0.15) is 4.31 Å². The zero-order valence-corrected chi connectivity index (χ0v) is 11.9. The lowest BCUT2D eigenvalue weighted by molar-refractivity contribution is -0.142. The van der Waals surface area contributed by atoms with Crippen LogP contribution in [-0.4, -0.2) is 54.1 Å². The number of piperidine rings is 1. The number of carbonyl (C=O) groups excluding carboxylic acids is 1. The largest absolute Gasteiger partial charge is 0.480 e. The Bertz CT molecular complexity index is 448.